The Kier molecular flexibility index (Phi) is 5.34. The van der Waals surface area contributed by atoms with Crippen LogP contribution < -0.4 is 4.90 Å². The fraction of sp³-hybridized carbons (Fsp3) is 0.520. The summed E-state index contributed by atoms with van der Waals surface area (Å²) in [6.07, 6.45) is 4.49. The second-order valence-corrected chi connectivity index (χ2v) is 10.3. The molecule has 0 unspecified atom stereocenters. The molecule has 3 N–H and O–H groups in total. The van der Waals surface area contributed by atoms with E-state index in [-0.39, 0.29) is 12.0 Å². The molecule has 2 aromatic heterocycles. The number of hydrogen-bond donors (Lipinski definition) is 3. The number of aromatic amines is 2. The largest absolute Gasteiger partial charge is 0.393 e. The van der Waals surface area contributed by atoms with E-state index in [0.29, 0.717) is 12.0 Å². The average molecular weight is 436 g/mol. The standard InChI is InChI=1S/C25H33N5O2/c1-25(2)9-6-19-22(14-25)27-28-24(19)21-12-16-4-5-17(13-20(16)26-21)29(3)23(32)15-30-10-7-18(31)8-11-30/h4-5,12-13,18,26,31H,6-11,14-15H2,1-3H3,(H,27,28). The van der Waals surface area contributed by atoms with Crippen LogP contribution in [0.4, 0.5) is 5.69 Å². The molecule has 1 amide bonds. The van der Waals surface area contributed by atoms with E-state index in [4.69, 9.17) is 0 Å². The van der Waals surface area contributed by atoms with Gasteiger partial charge in [-0.1, -0.05) is 19.9 Å². The first-order chi connectivity index (χ1) is 15.3. The molecule has 3 aromatic rings. The van der Waals surface area contributed by atoms with Crippen molar-refractivity contribution >= 4 is 22.5 Å². The third-order valence-electron chi connectivity index (χ3n) is 7.20. The fourth-order valence-electron chi connectivity index (χ4n) is 5.04. The lowest BCUT2D eigenvalue weighted by Gasteiger charge is -2.30. The van der Waals surface area contributed by atoms with Gasteiger partial charge in [-0.05, 0) is 55.7 Å². The molecule has 0 saturated carbocycles. The van der Waals surface area contributed by atoms with Gasteiger partial charge in [-0.2, -0.15) is 5.10 Å². The number of carbonyl (C=O) groups excluding carboxylic acids is 1. The van der Waals surface area contributed by atoms with Crippen molar-refractivity contribution in [3.05, 3.63) is 35.5 Å². The van der Waals surface area contributed by atoms with Crippen molar-refractivity contribution < 1.29 is 9.90 Å². The van der Waals surface area contributed by atoms with Gasteiger partial charge in [0, 0.05) is 48.0 Å². The first-order valence-electron chi connectivity index (χ1n) is 11.7. The Morgan fingerprint density at radius 2 is 2.06 bits per heavy atom. The van der Waals surface area contributed by atoms with Crippen LogP contribution in [0.3, 0.4) is 0 Å². The Morgan fingerprint density at radius 1 is 1.28 bits per heavy atom. The number of anilines is 1. The molecule has 1 aliphatic carbocycles. The predicted octanol–water partition coefficient (Wildman–Crippen LogP) is 3.49. The predicted molar refractivity (Wildman–Crippen MR) is 127 cm³/mol. The van der Waals surface area contributed by atoms with Crippen LogP contribution in [0.5, 0.6) is 0 Å². The van der Waals surface area contributed by atoms with Gasteiger partial charge in [-0.25, -0.2) is 0 Å². The summed E-state index contributed by atoms with van der Waals surface area (Å²) in [7, 11) is 1.83. The van der Waals surface area contributed by atoms with Gasteiger partial charge in [0.05, 0.1) is 18.3 Å². The van der Waals surface area contributed by atoms with E-state index >= 15 is 0 Å². The molecule has 0 radical (unpaired) electrons. The zero-order chi connectivity index (χ0) is 22.5. The van der Waals surface area contributed by atoms with Crippen molar-refractivity contribution in [3.8, 4) is 11.4 Å². The summed E-state index contributed by atoms with van der Waals surface area (Å²) in [4.78, 5) is 20.2. The minimum absolute atomic E-state index is 0.0662. The molecule has 7 heteroatoms. The summed E-state index contributed by atoms with van der Waals surface area (Å²) in [5, 5.41) is 18.7. The molecule has 3 heterocycles. The highest BCUT2D eigenvalue weighted by atomic mass is 16.3. The minimum Gasteiger partial charge on any atom is -0.393 e. The molecule has 5 rings (SSSR count). The average Bonchev–Trinajstić information content (AvgIpc) is 3.36. The third kappa shape index (κ3) is 4.07. The van der Waals surface area contributed by atoms with Gasteiger partial charge < -0.3 is 15.0 Å². The van der Waals surface area contributed by atoms with Gasteiger partial charge in [-0.15, -0.1) is 0 Å². The van der Waals surface area contributed by atoms with Crippen LogP contribution in [0.25, 0.3) is 22.3 Å². The molecule has 0 atom stereocenters. The van der Waals surface area contributed by atoms with Gasteiger partial charge in [0.2, 0.25) is 5.91 Å². The Labute approximate surface area is 188 Å². The maximum Gasteiger partial charge on any atom is 0.240 e. The highest BCUT2D eigenvalue weighted by Gasteiger charge is 2.29. The lowest BCUT2D eigenvalue weighted by Crippen LogP contribution is -2.43. The van der Waals surface area contributed by atoms with E-state index in [1.807, 2.05) is 19.2 Å². The topological polar surface area (TPSA) is 88.2 Å². The van der Waals surface area contributed by atoms with Gasteiger partial charge in [0.15, 0.2) is 0 Å². The number of aliphatic hydroxyl groups is 1. The Morgan fingerprint density at radius 3 is 2.84 bits per heavy atom. The van der Waals surface area contributed by atoms with E-state index in [2.05, 4.69) is 46.1 Å². The highest BCUT2D eigenvalue weighted by molar-refractivity contribution is 5.97. The number of nitrogens with zero attached hydrogens (tertiary/aromatic N) is 3. The van der Waals surface area contributed by atoms with E-state index in [9.17, 15) is 9.90 Å². The molecule has 1 aliphatic heterocycles. The zero-order valence-electron chi connectivity index (χ0n) is 19.2. The molecular weight excluding hydrogens is 402 g/mol. The van der Waals surface area contributed by atoms with Crippen LogP contribution in [0.2, 0.25) is 0 Å². The van der Waals surface area contributed by atoms with Crippen molar-refractivity contribution in [2.24, 2.45) is 5.41 Å². The second-order valence-electron chi connectivity index (χ2n) is 10.3. The number of aromatic nitrogens is 3. The van der Waals surface area contributed by atoms with Crippen LogP contribution >= 0.6 is 0 Å². The van der Waals surface area contributed by atoms with Crippen LogP contribution in [0, 0.1) is 5.41 Å². The number of benzene rings is 1. The molecule has 1 aromatic carbocycles. The molecule has 32 heavy (non-hydrogen) atoms. The van der Waals surface area contributed by atoms with Crippen LogP contribution in [0.15, 0.2) is 24.3 Å². The Bertz CT molecular complexity index is 1140. The molecule has 170 valence electrons. The van der Waals surface area contributed by atoms with E-state index in [0.717, 1.165) is 66.8 Å². The molecule has 2 aliphatic rings. The minimum atomic E-state index is -0.227. The van der Waals surface area contributed by atoms with Crippen molar-refractivity contribution in [1.82, 2.24) is 20.1 Å². The van der Waals surface area contributed by atoms with E-state index in [1.54, 1.807) is 4.90 Å². The highest BCUT2D eigenvalue weighted by Crippen LogP contribution is 2.38. The summed E-state index contributed by atoms with van der Waals surface area (Å²) < 4.78 is 0. The fourth-order valence-corrected chi connectivity index (χ4v) is 5.04. The molecule has 0 bridgehead atoms. The Balaban J connectivity index is 1.34. The van der Waals surface area contributed by atoms with E-state index in [1.165, 1.54) is 17.7 Å². The molecule has 7 nitrogen and oxygen atoms in total. The number of likely N-dealkylation sites (N-methyl/N-ethyl adjacent to an activating group) is 1. The van der Waals surface area contributed by atoms with Gasteiger partial charge in [-0.3, -0.25) is 14.8 Å². The number of likely N-dealkylation sites (tertiary alicyclic amines) is 1. The van der Waals surface area contributed by atoms with Crippen molar-refractivity contribution in [2.45, 2.75) is 52.1 Å². The number of nitrogens with one attached hydrogen (secondary N) is 2. The summed E-state index contributed by atoms with van der Waals surface area (Å²) in [5.74, 6) is 0.0662. The smallest absolute Gasteiger partial charge is 0.240 e. The van der Waals surface area contributed by atoms with Gasteiger partial charge >= 0.3 is 0 Å². The lowest BCUT2D eigenvalue weighted by atomic mass is 9.76. The summed E-state index contributed by atoms with van der Waals surface area (Å²) >= 11 is 0. The monoisotopic (exact) mass is 435 g/mol. The lowest BCUT2D eigenvalue weighted by molar-refractivity contribution is -0.120. The number of amides is 1. The summed E-state index contributed by atoms with van der Waals surface area (Å²) in [6.45, 7) is 6.55. The molecule has 1 fully saturated rings. The maximum atomic E-state index is 12.8. The number of piperidine rings is 1. The van der Waals surface area contributed by atoms with Crippen LogP contribution in [-0.2, 0) is 17.6 Å². The summed E-state index contributed by atoms with van der Waals surface area (Å²) in [5.41, 5.74) is 6.82. The first kappa shape index (κ1) is 21.2. The number of aliphatic hydroxyl groups excluding tert-OH is 1. The van der Waals surface area contributed by atoms with Gasteiger partial charge in [0.1, 0.15) is 5.69 Å². The zero-order valence-corrected chi connectivity index (χ0v) is 19.2. The van der Waals surface area contributed by atoms with Gasteiger partial charge in [0.25, 0.3) is 0 Å². The quantitative estimate of drug-likeness (QED) is 0.585. The number of hydrogen-bond acceptors (Lipinski definition) is 4. The van der Waals surface area contributed by atoms with Crippen LogP contribution in [0.1, 0.15) is 44.4 Å². The van der Waals surface area contributed by atoms with Crippen LogP contribution in [-0.4, -0.2) is 63.9 Å². The molecular formula is C25H33N5O2. The Hall–Kier alpha value is -2.64. The number of carbonyl (C=O) groups is 1. The number of rotatable bonds is 4. The maximum absolute atomic E-state index is 12.8. The summed E-state index contributed by atoms with van der Waals surface area (Å²) in [6, 6.07) is 8.25. The molecule has 1 saturated heterocycles. The third-order valence-corrected chi connectivity index (χ3v) is 7.20. The second kappa shape index (κ2) is 8.05. The molecule has 0 spiro atoms. The van der Waals surface area contributed by atoms with Crippen molar-refractivity contribution in [3.63, 3.8) is 0 Å². The van der Waals surface area contributed by atoms with Crippen molar-refractivity contribution in [2.75, 3.05) is 31.6 Å². The number of H-pyrrole nitrogens is 2. The van der Waals surface area contributed by atoms with Crippen molar-refractivity contribution in [1.29, 1.82) is 0 Å². The number of fused-ring (bicyclic) bond motifs is 2. The van der Waals surface area contributed by atoms with E-state index < -0.39 is 0 Å². The normalized spacial score (nSPS) is 19.2. The SMILES string of the molecule is CN(C(=O)CN1CCC(O)CC1)c1ccc2cc(-c3n[nH]c4c3CCC(C)(C)C4)[nH]c2c1. The first-order valence-corrected chi connectivity index (χ1v) is 11.7.